The number of hydrogen-bond donors (Lipinski definition) is 0. The summed E-state index contributed by atoms with van der Waals surface area (Å²) in [6.45, 7) is 2.15. The summed E-state index contributed by atoms with van der Waals surface area (Å²) in [6.07, 6.45) is 4.15. The van der Waals surface area contributed by atoms with E-state index in [0.29, 0.717) is 0 Å². The third kappa shape index (κ3) is 1.55. The molecule has 17 heavy (non-hydrogen) atoms. The second-order valence-corrected chi connectivity index (χ2v) is 4.75. The van der Waals surface area contributed by atoms with E-state index in [4.69, 9.17) is 4.98 Å². The highest BCUT2D eigenvalue weighted by molar-refractivity contribution is 5.84. The molecule has 2 heteroatoms. The van der Waals surface area contributed by atoms with Crippen molar-refractivity contribution in [1.82, 2.24) is 4.98 Å². The fraction of sp³-hybridized carbons (Fsp3) is 0.333. The molecule has 0 aliphatic heterocycles. The molecule has 2 nitrogen and oxygen atoms in total. The first-order valence-electron chi connectivity index (χ1n) is 6.14. The molecule has 86 valence electrons. The van der Waals surface area contributed by atoms with Gasteiger partial charge in [0.1, 0.15) is 6.29 Å². The minimum absolute atomic E-state index is 0.00190. The van der Waals surface area contributed by atoms with E-state index in [1.807, 2.05) is 18.2 Å². The Morgan fingerprint density at radius 3 is 3.00 bits per heavy atom. The first-order chi connectivity index (χ1) is 8.31. The van der Waals surface area contributed by atoms with Crippen molar-refractivity contribution in [3.05, 3.63) is 41.1 Å². The van der Waals surface area contributed by atoms with Crippen LogP contribution >= 0.6 is 0 Å². The fourth-order valence-electron chi connectivity index (χ4n) is 2.83. The normalized spacial score (nSPS) is 19.0. The van der Waals surface area contributed by atoms with Gasteiger partial charge in [0.2, 0.25) is 0 Å². The average molecular weight is 225 g/mol. The Hall–Kier alpha value is -1.70. The molecule has 0 radical (unpaired) electrons. The van der Waals surface area contributed by atoms with Crippen molar-refractivity contribution >= 4 is 17.2 Å². The number of aryl methyl sites for hydroxylation is 1. The molecule has 1 aromatic carbocycles. The van der Waals surface area contributed by atoms with Crippen molar-refractivity contribution in [2.75, 3.05) is 0 Å². The van der Waals surface area contributed by atoms with Gasteiger partial charge < -0.3 is 4.79 Å². The summed E-state index contributed by atoms with van der Waals surface area (Å²) >= 11 is 0. The van der Waals surface area contributed by atoms with Crippen LogP contribution in [0.2, 0.25) is 0 Å². The molecule has 1 atom stereocenters. The Kier molecular flexibility index (Phi) is 2.43. The Balaban J connectivity index is 2.33. The van der Waals surface area contributed by atoms with E-state index in [0.717, 1.165) is 36.8 Å². The van der Waals surface area contributed by atoms with Crippen LogP contribution in [0.5, 0.6) is 0 Å². The summed E-state index contributed by atoms with van der Waals surface area (Å²) < 4.78 is 0. The Morgan fingerprint density at radius 2 is 2.18 bits per heavy atom. The highest BCUT2D eigenvalue weighted by Crippen LogP contribution is 2.33. The van der Waals surface area contributed by atoms with E-state index in [-0.39, 0.29) is 5.92 Å². The van der Waals surface area contributed by atoms with Crippen LogP contribution in [-0.2, 0) is 11.2 Å². The number of hydrogen-bond acceptors (Lipinski definition) is 2. The van der Waals surface area contributed by atoms with Crippen molar-refractivity contribution in [2.24, 2.45) is 0 Å². The lowest BCUT2D eigenvalue weighted by atomic mass is 9.84. The zero-order valence-electron chi connectivity index (χ0n) is 9.94. The van der Waals surface area contributed by atoms with Gasteiger partial charge in [0.25, 0.3) is 0 Å². The number of carbonyl (C=O) groups is 1. The number of benzene rings is 1. The molecular weight excluding hydrogens is 210 g/mol. The monoisotopic (exact) mass is 225 g/mol. The summed E-state index contributed by atoms with van der Waals surface area (Å²) in [5.41, 5.74) is 4.63. The summed E-state index contributed by atoms with van der Waals surface area (Å²) in [5, 5.41) is 1.22. The topological polar surface area (TPSA) is 30.0 Å². The lowest BCUT2D eigenvalue weighted by Gasteiger charge is -2.23. The molecule has 1 aromatic heterocycles. The number of aldehydes is 1. The van der Waals surface area contributed by atoms with Crippen LogP contribution in [0.3, 0.4) is 0 Å². The van der Waals surface area contributed by atoms with E-state index in [1.165, 1.54) is 16.5 Å². The first-order valence-corrected chi connectivity index (χ1v) is 6.14. The minimum Gasteiger partial charge on any atom is -0.303 e. The largest absolute Gasteiger partial charge is 0.303 e. The van der Waals surface area contributed by atoms with Gasteiger partial charge in [-0.25, -0.2) is 0 Å². The Bertz CT molecular complexity index is 589. The molecule has 2 aromatic rings. The Morgan fingerprint density at radius 1 is 1.35 bits per heavy atom. The van der Waals surface area contributed by atoms with Crippen molar-refractivity contribution in [2.45, 2.75) is 32.1 Å². The molecule has 0 amide bonds. The smallest absolute Gasteiger partial charge is 0.129 e. The second-order valence-electron chi connectivity index (χ2n) is 4.75. The van der Waals surface area contributed by atoms with Gasteiger partial charge in [-0.3, -0.25) is 4.98 Å². The second kappa shape index (κ2) is 3.95. The maximum absolute atomic E-state index is 11.1. The zero-order valence-corrected chi connectivity index (χ0v) is 9.94. The number of para-hydroxylation sites is 1. The molecule has 0 N–H and O–H groups in total. The van der Waals surface area contributed by atoms with Crippen LogP contribution in [0.15, 0.2) is 24.3 Å². The number of aromatic nitrogens is 1. The number of nitrogens with zero attached hydrogens (tertiary/aromatic N) is 1. The van der Waals surface area contributed by atoms with Crippen LogP contribution in [0.4, 0.5) is 0 Å². The first kappa shape index (κ1) is 10.5. The predicted octanol–water partition coefficient (Wildman–Crippen LogP) is 3.16. The lowest BCUT2D eigenvalue weighted by Crippen LogP contribution is -2.14. The van der Waals surface area contributed by atoms with Gasteiger partial charge in [-0.1, -0.05) is 18.2 Å². The maximum Gasteiger partial charge on any atom is 0.129 e. The van der Waals surface area contributed by atoms with Crippen LogP contribution in [0, 0.1) is 6.92 Å². The highest BCUT2D eigenvalue weighted by atomic mass is 16.1. The van der Waals surface area contributed by atoms with Crippen LogP contribution in [0.1, 0.15) is 35.6 Å². The van der Waals surface area contributed by atoms with Gasteiger partial charge in [-0.2, -0.15) is 0 Å². The van der Waals surface area contributed by atoms with Gasteiger partial charge in [0, 0.05) is 5.39 Å². The lowest BCUT2D eigenvalue weighted by molar-refractivity contribution is -0.109. The third-order valence-electron chi connectivity index (χ3n) is 3.77. The minimum atomic E-state index is 0.00190. The van der Waals surface area contributed by atoms with E-state index in [9.17, 15) is 4.79 Å². The van der Waals surface area contributed by atoms with E-state index >= 15 is 0 Å². The fourth-order valence-corrected chi connectivity index (χ4v) is 2.83. The van der Waals surface area contributed by atoms with Crippen molar-refractivity contribution in [3.8, 4) is 0 Å². The molecule has 0 fully saturated rings. The van der Waals surface area contributed by atoms with E-state index in [2.05, 4.69) is 13.0 Å². The molecule has 0 saturated heterocycles. The summed E-state index contributed by atoms with van der Waals surface area (Å²) in [7, 11) is 0. The number of rotatable bonds is 1. The SMILES string of the molecule is Cc1c2c(nc3ccccc13)C(C=O)CCC2. The van der Waals surface area contributed by atoms with E-state index < -0.39 is 0 Å². The van der Waals surface area contributed by atoms with Crippen molar-refractivity contribution in [1.29, 1.82) is 0 Å². The molecular formula is C15H15NO. The summed E-state index contributed by atoms with van der Waals surface area (Å²) in [4.78, 5) is 15.8. The van der Waals surface area contributed by atoms with Gasteiger partial charge in [-0.05, 0) is 43.4 Å². The quantitative estimate of drug-likeness (QED) is 0.698. The molecule has 1 unspecified atom stereocenters. The van der Waals surface area contributed by atoms with Crippen molar-refractivity contribution in [3.63, 3.8) is 0 Å². The molecule has 0 spiro atoms. The third-order valence-corrected chi connectivity index (χ3v) is 3.77. The Labute approximate surface area is 101 Å². The predicted molar refractivity (Wildman–Crippen MR) is 68.2 cm³/mol. The molecule has 1 aliphatic carbocycles. The van der Waals surface area contributed by atoms with Gasteiger partial charge >= 0.3 is 0 Å². The standard InChI is InChI=1S/C15H15NO/c1-10-12-6-2-3-8-14(12)16-15-11(9-17)5-4-7-13(10)15/h2-3,6,8-9,11H,4-5,7H2,1H3. The van der Waals surface area contributed by atoms with Crippen molar-refractivity contribution < 1.29 is 4.79 Å². The molecule has 1 aliphatic rings. The van der Waals surface area contributed by atoms with Gasteiger partial charge in [0.15, 0.2) is 0 Å². The zero-order chi connectivity index (χ0) is 11.8. The van der Waals surface area contributed by atoms with Crippen LogP contribution in [0.25, 0.3) is 10.9 Å². The highest BCUT2D eigenvalue weighted by Gasteiger charge is 2.23. The van der Waals surface area contributed by atoms with E-state index in [1.54, 1.807) is 0 Å². The molecule has 3 rings (SSSR count). The van der Waals surface area contributed by atoms with Gasteiger partial charge in [-0.15, -0.1) is 0 Å². The molecule has 1 heterocycles. The number of pyridine rings is 1. The molecule has 0 saturated carbocycles. The van der Waals surface area contributed by atoms with Gasteiger partial charge in [0.05, 0.1) is 17.1 Å². The maximum atomic E-state index is 11.1. The number of carbonyl (C=O) groups excluding carboxylic acids is 1. The summed E-state index contributed by atoms with van der Waals surface area (Å²) in [6, 6.07) is 8.19. The van der Waals surface area contributed by atoms with Crippen LogP contribution < -0.4 is 0 Å². The summed E-state index contributed by atoms with van der Waals surface area (Å²) in [5.74, 6) is 0.00190. The average Bonchev–Trinajstić information content (AvgIpc) is 2.38. The number of fused-ring (bicyclic) bond motifs is 2. The van der Waals surface area contributed by atoms with Crippen LogP contribution in [-0.4, -0.2) is 11.3 Å². The molecule has 0 bridgehead atoms.